The van der Waals surface area contributed by atoms with Gasteiger partial charge < -0.3 is 14.8 Å². The van der Waals surface area contributed by atoms with E-state index in [0.717, 1.165) is 0 Å². The maximum atomic E-state index is 11.4. The summed E-state index contributed by atoms with van der Waals surface area (Å²) in [5, 5.41) is 2.82. The zero-order valence-corrected chi connectivity index (χ0v) is 9.64. The Labute approximate surface area is 99.7 Å². The zero-order chi connectivity index (χ0) is 12.5. The molecule has 0 radical (unpaired) electrons. The number of carbonyl (C=O) groups excluding carboxylic acids is 2. The topological polar surface area (TPSA) is 64.6 Å². The lowest BCUT2D eigenvalue weighted by Crippen LogP contribution is -2.17. The molecule has 0 saturated carbocycles. The van der Waals surface area contributed by atoms with Crippen molar-refractivity contribution < 1.29 is 19.1 Å². The Bertz CT molecular complexity index is 364. The van der Waals surface area contributed by atoms with Crippen molar-refractivity contribution in [3.05, 3.63) is 35.9 Å². The fourth-order valence-electron chi connectivity index (χ4n) is 1.11. The fourth-order valence-corrected chi connectivity index (χ4v) is 1.11. The number of hydrogen-bond donors (Lipinski definition) is 1. The molecule has 92 valence electrons. The van der Waals surface area contributed by atoms with Crippen LogP contribution in [0.4, 0.5) is 0 Å². The van der Waals surface area contributed by atoms with E-state index >= 15 is 0 Å². The molecule has 1 aromatic rings. The molecule has 0 heterocycles. The van der Waals surface area contributed by atoms with E-state index in [1.807, 2.05) is 0 Å². The molecule has 1 rings (SSSR count). The number of ether oxygens (including phenoxy) is 2. The highest BCUT2D eigenvalue weighted by Gasteiger charge is 2.07. The molecule has 0 bridgehead atoms. The molecule has 0 saturated heterocycles. The summed E-state index contributed by atoms with van der Waals surface area (Å²) in [6, 6.07) is 8.52. The van der Waals surface area contributed by atoms with E-state index in [1.54, 1.807) is 37.4 Å². The molecule has 17 heavy (non-hydrogen) atoms. The van der Waals surface area contributed by atoms with Crippen LogP contribution in [0.5, 0.6) is 0 Å². The lowest BCUT2D eigenvalue weighted by molar-refractivity contribution is -0.152. The van der Waals surface area contributed by atoms with Crippen molar-refractivity contribution in [1.29, 1.82) is 0 Å². The molecule has 0 fully saturated rings. The first-order chi connectivity index (χ1) is 8.24. The van der Waals surface area contributed by atoms with E-state index in [4.69, 9.17) is 9.47 Å². The SMILES string of the molecule is CNCCC(=O)OCOC(=O)c1ccccc1. The quantitative estimate of drug-likeness (QED) is 0.589. The van der Waals surface area contributed by atoms with Gasteiger partial charge in [-0.1, -0.05) is 18.2 Å². The van der Waals surface area contributed by atoms with Gasteiger partial charge in [0.25, 0.3) is 0 Å². The smallest absolute Gasteiger partial charge is 0.340 e. The third-order valence-corrected chi connectivity index (χ3v) is 2.00. The summed E-state index contributed by atoms with van der Waals surface area (Å²) in [5.74, 6) is -0.910. The lowest BCUT2D eigenvalue weighted by atomic mass is 10.2. The second-order valence-electron chi connectivity index (χ2n) is 3.29. The number of rotatable bonds is 6. The second-order valence-corrected chi connectivity index (χ2v) is 3.29. The molecule has 0 unspecified atom stereocenters. The van der Waals surface area contributed by atoms with Gasteiger partial charge in [0.15, 0.2) is 0 Å². The lowest BCUT2D eigenvalue weighted by Gasteiger charge is -2.06. The Morgan fingerprint density at radius 1 is 1.18 bits per heavy atom. The average Bonchev–Trinajstić information content (AvgIpc) is 2.37. The third-order valence-electron chi connectivity index (χ3n) is 2.00. The van der Waals surface area contributed by atoms with Crippen molar-refractivity contribution in [2.24, 2.45) is 0 Å². The molecule has 0 aliphatic rings. The molecule has 1 aromatic carbocycles. The molecule has 0 aliphatic carbocycles. The van der Waals surface area contributed by atoms with Gasteiger partial charge in [0, 0.05) is 6.54 Å². The normalized spacial score (nSPS) is 9.71. The summed E-state index contributed by atoms with van der Waals surface area (Å²) in [4.78, 5) is 22.5. The second kappa shape index (κ2) is 7.40. The summed E-state index contributed by atoms with van der Waals surface area (Å²) in [6.45, 7) is 0.182. The van der Waals surface area contributed by atoms with E-state index in [0.29, 0.717) is 12.1 Å². The Hall–Kier alpha value is -1.88. The van der Waals surface area contributed by atoms with Crippen LogP contribution in [0.15, 0.2) is 30.3 Å². The van der Waals surface area contributed by atoms with Gasteiger partial charge in [0.05, 0.1) is 12.0 Å². The van der Waals surface area contributed by atoms with Crippen LogP contribution in [0.1, 0.15) is 16.8 Å². The van der Waals surface area contributed by atoms with Crippen LogP contribution in [0.2, 0.25) is 0 Å². The number of esters is 2. The van der Waals surface area contributed by atoms with Crippen molar-refractivity contribution >= 4 is 11.9 Å². The Balaban J connectivity index is 2.23. The van der Waals surface area contributed by atoms with Crippen LogP contribution in [-0.2, 0) is 14.3 Å². The number of carbonyl (C=O) groups is 2. The number of benzene rings is 1. The Morgan fingerprint density at radius 2 is 1.88 bits per heavy atom. The summed E-state index contributed by atoms with van der Waals surface area (Å²) in [5.41, 5.74) is 0.429. The molecule has 0 atom stereocenters. The first-order valence-corrected chi connectivity index (χ1v) is 5.26. The maximum Gasteiger partial charge on any atom is 0.340 e. The summed E-state index contributed by atoms with van der Waals surface area (Å²) < 4.78 is 9.49. The fraction of sp³-hybridized carbons (Fsp3) is 0.333. The minimum absolute atomic E-state index is 0.249. The first-order valence-electron chi connectivity index (χ1n) is 5.26. The predicted octanol–water partition coefficient (Wildman–Crippen LogP) is 0.954. The van der Waals surface area contributed by atoms with E-state index in [-0.39, 0.29) is 13.2 Å². The standard InChI is InChI=1S/C12H15NO4/c1-13-8-7-11(14)16-9-17-12(15)10-5-3-2-4-6-10/h2-6,13H,7-9H2,1H3. The molecule has 0 spiro atoms. The Morgan fingerprint density at radius 3 is 2.53 bits per heavy atom. The van der Waals surface area contributed by atoms with E-state index < -0.39 is 11.9 Å². The molecule has 0 aromatic heterocycles. The van der Waals surface area contributed by atoms with Crippen LogP contribution in [0, 0.1) is 0 Å². The van der Waals surface area contributed by atoms with Crippen LogP contribution in [0.25, 0.3) is 0 Å². The van der Waals surface area contributed by atoms with Gasteiger partial charge in [-0.15, -0.1) is 0 Å². The van der Waals surface area contributed by atoms with Crippen molar-refractivity contribution in [3.8, 4) is 0 Å². The number of nitrogens with one attached hydrogen (secondary N) is 1. The van der Waals surface area contributed by atoms with Crippen molar-refractivity contribution in [2.75, 3.05) is 20.4 Å². The highest BCUT2D eigenvalue weighted by molar-refractivity contribution is 5.89. The molecule has 5 heteroatoms. The first kappa shape index (κ1) is 13.2. The van der Waals surface area contributed by atoms with Crippen molar-refractivity contribution in [3.63, 3.8) is 0 Å². The molecule has 5 nitrogen and oxygen atoms in total. The average molecular weight is 237 g/mol. The van der Waals surface area contributed by atoms with E-state index in [1.165, 1.54) is 0 Å². The van der Waals surface area contributed by atoms with Gasteiger partial charge in [0.2, 0.25) is 6.79 Å². The van der Waals surface area contributed by atoms with Gasteiger partial charge in [-0.25, -0.2) is 4.79 Å². The van der Waals surface area contributed by atoms with Gasteiger partial charge in [-0.05, 0) is 19.2 Å². The van der Waals surface area contributed by atoms with Crippen LogP contribution in [-0.4, -0.2) is 32.3 Å². The van der Waals surface area contributed by atoms with Gasteiger partial charge in [-0.3, -0.25) is 4.79 Å². The third kappa shape index (κ3) is 5.12. The largest absolute Gasteiger partial charge is 0.428 e. The summed E-state index contributed by atoms with van der Waals surface area (Å²) >= 11 is 0. The summed E-state index contributed by atoms with van der Waals surface area (Å²) in [6.07, 6.45) is 0.249. The van der Waals surface area contributed by atoms with Crippen LogP contribution < -0.4 is 5.32 Å². The minimum atomic E-state index is -0.507. The highest BCUT2D eigenvalue weighted by Crippen LogP contribution is 2.01. The highest BCUT2D eigenvalue weighted by atomic mass is 16.7. The van der Waals surface area contributed by atoms with Crippen molar-refractivity contribution in [2.45, 2.75) is 6.42 Å². The molecule has 0 amide bonds. The molecule has 0 aliphatic heterocycles. The zero-order valence-electron chi connectivity index (χ0n) is 9.64. The number of hydrogen-bond acceptors (Lipinski definition) is 5. The maximum absolute atomic E-state index is 11.4. The van der Waals surface area contributed by atoms with Gasteiger partial charge in [0.1, 0.15) is 0 Å². The van der Waals surface area contributed by atoms with Crippen molar-refractivity contribution in [1.82, 2.24) is 5.32 Å². The van der Waals surface area contributed by atoms with E-state index in [9.17, 15) is 9.59 Å². The minimum Gasteiger partial charge on any atom is -0.428 e. The van der Waals surface area contributed by atoms with Crippen LogP contribution >= 0.6 is 0 Å². The molecule has 1 N–H and O–H groups in total. The molecular formula is C12H15NO4. The Kier molecular flexibility index (Phi) is 5.74. The van der Waals surface area contributed by atoms with Gasteiger partial charge in [-0.2, -0.15) is 0 Å². The van der Waals surface area contributed by atoms with Crippen LogP contribution in [0.3, 0.4) is 0 Å². The van der Waals surface area contributed by atoms with E-state index in [2.05, 4.69) is 5.32 Å². The predicted molar refractivity (Wildman–Crippen MR) is 61.4 cm³/mol. The monoisotopic (exact) mass is 237 g/mol. The van der Waals surface area contributed by atoms with Gasteiger partial charge >= 0.3 is 11.9 Å². The summed E-state index contributed by atoms with van der Waals surface area (Å²) in [7, 11) is 1.74. The molecular weight excluding hydrogens is 222 g/mol.